The molecule has 0 radical (unpaired) electrons. The van der Waals surface area contributed by atoms with Crippen molar-refractivity contribution in [3.8, 4) is 23.0 Å². The van der Waals surface area contributed by atoms with E-state index in [9.17, 15) is 13.2 Å². The van der Waals surface area contributed by atoms with Gasteiger partial charge >= 0.3 is 0 Å². The number of ether oxygens (including phenoxy) is 4. The average molecular weight is 751 g/mol. The maximum Gasteiger partial charge on any atom is 0.264 e. The largest absolute Gasteiger partial charge is 0.493 e. The fourth-order valence-corrected chi connectivity index (χ4v) is 6.55. The number of anilines is 1. The number of amides is 1. The zero-order valence-corrected chi connectivity index (χ0v) is 29.1. The molecule has 4 rings (SSSR count). The van der Waals surface area contributed by atoms with E-state index in [0.717, 1.165) is 15.4 Å². The summed E-state index contributed by atoms with van der Waals surface area (Å²) >= 11 is 15.6. The zero-order valence-electron chi connectivity index (χ0n) is 25.2. The minimum atomic E-state index is -4.21. The first-order valence-electron chi connectivity index (χ1n) is 13.5. The van der Waals surface area contributed by atoms with Crippen LogP contribution < -0.4 is 28.7 Å². The Labute approximate surface area is 286 Å². The van der Waals surface area contributed by atoms with Gasteiger partial charge in [0.1, 0.15) is 13.2 Å². The Bertz CT molecular complexity index is 1860. The Morgan fingerprint density at radius 1 is 0.891 bits per heavy atom. The Kier molecular flexibility index (Phi) is 11.8. The van der Waals surface area contributed by atoms with E-state index in [4.69, 9.17) is 42.1 Å². The van der Waals surface area contributed by atoms with Gasteiger partial charge in [-0.25, -0.2) is 13.8 Å². The first kappa shape index (κ1) is 34.9. The summed E-state index contributed by atoms with van der Waals surface area (Å²) < 4.78 is 51.2. The number of benzene rings is 4. The third-order valence-electron chi connectivity index (χ3n) is 6.57. The molecule has 0 saturated heterocycles. The lowest BCUT2D eigenvalue weighted by Gasteiger charge is -2.24. The topological polar surface area (TPSA) is 116 Å². The standard InChI is InChI=1S/C32H30BrCl2N3O7S/c1-20-5-8-23(9-6-20)38(46(40,41)24-10-12-28(42-2)29(16-24)43-3)18-31(39)37-36-17-22-13-25(33)32(30(15-22)44-4)45-19-21-7-11-26(34)27(35)14-21/h5-17H,18-19H2,1-4H3,(H,37,39)/b36-17-. The summed E-state index contributed by atoms with van der Waals surface area (Å²) in [5.74, 6) is 0.782. The van der Waals surface area contributed by atoms with Gasteiger partial charge in [0.05, 0.1) is 52.6 Å². The molecule has 14 heteroatoms. The number of sulfonamides is 1. The van der Waals surface area contributed by atoms with Gasteiger partial charge in [-0.3, -0.25) is 9.10 Å². The summed E-state index contributed by atoms with van der Waals surface area (Å²) in [5, 5.41) is 4.90. The van der Waals surface area contributed by atoms with Crippen LogP contribution in [0.15, 0.2) is 87.3 Å². The lowest BCUT2D eigenvalue weighted by molar-refractivity contribution is -0.119. The van der Waals surface area contributed by atoms with Gasteiger partial charge in [-0.15, -0.1) is 0 Å². The SMILES string of the molecule is COc1ccc(S(=O)(=O)N(CC(=O)N/N=C\c2cc(Br)c(OCc3ccc(Cl)c(Cl)c3)c(OC)c2)c2ccc(C)cc2)cc1OC. The first-order chi connectivity index (χ1) is 22.0. The van der Waals surface area contributed by atoms with Gasteiger partial charge in [-0.2, -0.15) is 5.10 Å². The van der Waals surface area contributed by atoms with Crippen molar-refractivity contribution in [2.24, 2.45) is 5.10 Å². The van der Waals surface area contributed by atoms with Gasteiger partial charge in [0.2, 0.25) is 0 Å². The molecule has 0 unspecified atom stereocenters. The van der Waals surface area contributed by atoms with Crippen LogP contribution in [0.25, 0.3) is 0 Å². The van der Waals surface area contributed by atoms with Crippen LogP contribution in [-0.4, -0.2) is 48.4 Å². The van der Waals surface area contributed by atoms with Crippen molar-refractivity contribution in [3.05, 3.63) is 104 Å². The van der Waals surface area contributed by atoms with Crippen LogP contribution in [-0.2, 0) is 21.4 Å². The van der Waals surface area contributed by atoms with E-state index >= 15 is 0 Å². The van der Waals surface area contributed by atoms with Crippen molar-refractivity contribution in [2.75, 3.05) is 32.2 Å². The minimum absolute atomic E-state index is 0.0829. The second-order valence-corrected chi connectivity index (χ2v) is 13.3. The molecule has 0 heterocycles. The number of hydrazone groups is 1. The third-order valence-corrected chi connectivity index (χ3v) is 9.67. The summed E-state index contributed by atoms with van der Waals surface area (Å²) in [5.41, 5.74) is 5.00. The molecule has 0 aliphatic heterocycles. The summed E-state index contributed by atoms with van der Waals surface area (Å²) in [4.78, 5) is 13.0. The lowest BCUT2D eigenvalue weighted by atomic mass is 10.2. The van der Waals surface area contributed by atoms with E-state index in [2.05, 4.69) is 26.5 Å². The smallest absolute Gasteiger partial charge is 0.264 e. The minimum Gasteiger partial charge on any atom is -0.493 e. The van der Waals surface area contributed by atoms with Gasteiger partial charge in [-0.05, 0) is 82.5 Å². The number of nitrogens with one attached hydrogen (secondary N) is 1. The summed E-state index contributed by atoms with van der Waals surface area (Å²) in [6.07, 6.45) is 1.40. The van der Waals surface area contributed by atoms with E-state index < -0.39 is 22.5 Å². The van der Waals surface area contributed by atoms with Crippen molar-refractivity contribution in [1.29, 1.82) is 0 Å². The highest BCUT2D eigenvalue weighted by Crippen LogP contribution is 2.37. The molecular weight excluding hydrogens is 721 g/mol. The number of hydrogen-bond donors (Lipinski definition) is 1. The molecule has 46 heavy (non-hydrogen) atoms. The second kappa shape index (κ2) is 15.5. The van der Waals surface area contributed by atoms with Crippen molar-refractivity contribution in [1.82, 2.24) is 5.43 Å². The maximum absolute atomic E-state index is 13.8. The molecule has 4 aromatic rings. The fourth-order valence-electron chi connectivity index (χ4n) is 4.21. The zero-order chi connectivity index (χ0) is 33.4. The van der Waals surface area contributed by atoms with Crippen LogP contribution >= 0.6 is 39.1 Å². The lowest BCUT2D eigenvalue weighted by Crippen LogP contribution is -2.39. The number of carbonyl (C=O) groups is 1. The predicted molar refractivity (Wildman–Crippen MR) is 182 cm³/mol. The number of halogens is 3. The predicted octanol–water partition coefficient (Wildman–Crippen LogP) is 7.01. The molecule has 0 saturated carbocycles. The van der Waals surface area contributed by atoms with E-state index in [-0.39, 0.29) is 17.3 Å². The highest BCUT2D eigenvalue weighted by atomic mass is 79.9. The molecule has 4 aromatic carbocycles. The Hall–Kier alpha value is -3.97. The molecule has 10 nitrogen and oxygen atoms in total. The molecule has 0 aliphatic carbocycles. The number of methoxy groups -OCH3 is 3. The number of hydrogen-bond acceptors (Lipinski definition) is 8. The third kappa shape index (κ3) is 8.43. The summed E-state index contributed by atoms with van der Waals surface area (Å²) in [6, 6.07) is 19.6. The quantitative estimate of drug-likeness (QED) is 0.115. The van der Waals surface area contributed by atoms with Gasteiger partial charge in [-0.1, -0.05) is 47.0 Å². The van der Waals surface area contributed by atoms with Crippen molar-refractivity contribution < 1.29 is 32.2 Å². The molecule has 0 aliphatic rings. The number of carbonyl (C=O) groups excluding carboxylic acids is 1. The number of nitrogens with zero attached hydrogens (tertiary/aromatic N) is 2. The van der Waals surface area contributed by atoms with Crippen LogP contribution in [0.1, 0.15) is 16.7 Å². The molecule has 1 N–H and O–H groups in total. The molecule has 0 aromatic heterocycles. The van der Waals surface area contributed by atoms with E-state index in [1.54, 1.807) is 54.6 Å². The van der Waals surface area contributed by atoms with Crippen molar-refractivity contribution >= 4 is 67.0 Å². The molecule has 1 amide bonds. The fraction of sp³-hybridized carbons (Fsp3) is 0.188. The van der Waals surface area contributed by atoms with Crippen LogP contribution in [0, 0.1) is 6.92 Å². The first-order valence-corrected chi connectivity index (χ1v) is 16.5. The van der Waals surface area contributed by atoms with Gasteiger partial charge < -0.3 is 18.9 Å². The Morgan fingerprint density at radius 2 is 1.59 bits per heavy atom. The highest BCUT2D eigenvalue weighted by Gasteiger charge is 2.28. The average Bonchev–Trinajstić information content (AvgIpc) is 3.04. The van der Waals surface area contributed by atoms with Gasteiger partial charge in [0.15, 0.2) is 23.0 Å². The Balaban J connectivity index is 1.51. The van der Waals surface area contributed by atoms with Crippen LogP contribution in [0.2, 0.25) is 10.0 Å². The summed E-state index contributed by atoms with van der Waals surface area (Å²) in [7, 11) is 0.140. The number of rotatable bonds is 13. The van der Waals surface area contributed by atoms with Crippen LogP contribution in [0.4, 0.5) is 5.69 Å². The monoisotopic (exact) mass is 749 g/mol. The molecule has 242 valence electrons. The van der Waals surface area contributed by atoms with Crippen molar-refractivity contribution in [3.63, 3.8) is 0 Å². The van der Waals surface area contributed by atoms with Gasteiger partial charge in [0.25, 0.3) is 15.9 Å². The molecular formula is C32H30BrCl2N3O7S. The summed E-state index contributed by atoms with van der Waals surface area (Å²) in [6.45, 7) is 1.53. The van der Waals surface area contributed by atoms with Gasteiger partial charge in [0, 0.05) is 6.07 Å². The van der Waals surface area contributed by atoms with E-state index in [1.165, 1.54) is 45.7 Å². The molecule has 0 atom stereocenters. The van der Waals surface area contributed by atoms with Crippen molar-refractivity contribution in [2.45, 2.75) is 18.4 Å². The van der Waals surface area contributed by atoms with Crippen LogP contribution in [0.3, 0.4) is 0 Å². The second-order valence-electron chi connectivity index (χ2n) is 9.73. The molecule has 0 bridgehead atoms. The van der Waals surface area contributed by atoms with E-state index in [1.807, 2.05) is 6.92 Å². The maximum atomic E-state index is 13.8. The normalized spacial score (nSPS) is 11.3. The molecule has 0 spiro atoms. The molecule has 0 fully saturated rings. The highest BCUT2D eigenvalue weighted by molar-refractivity contribution is 9.10. The Morgan fingerprint density at radius 3 is 2.24 bits per heavy atom. The van der Waals surface area contributed by atoms with E-state index in [0.29, 0.717) is 43.0 Å². The van der Waals surface area contributed by atoms with Crippen LogP contribution in [0.5, 0.6) is 23.0 Å². The number of aryl methyl sites for hydroxylation is 1.